The number of ether oxygens (including phenoxy) is 4. The molecule has 3 aromatic rings. The Hall–Kier alpha value is -4.44. The summed E-state index contributed by atoms with van der Waals surface area (Å²) in [5.41, 5.74) is 8.41. The molecule has 38 heavy (non-hydrogen) atoms. The maximum atomic E-state index is 12.9. The largest absolute Gasteiger partial charge is 0.494 e. The van der Waals surface area contributed by atoms with E-state index < -0.39 is 11.9 Å². The lowest BCUT2D eigenvalue weighted by Gasteiger charge is -2.27. The van der Waals surface area contributed by atoms with Crippen molar-refractivity contribution in [3.63, 3.8) is 0 Å². The molecule has 7 heteroatoms. The van der Waals surface area contributed by atoms with E-state index in [1.54, 1.807) is 36.4 Å². The molecule has 0 aromatic heterocycles. The van der Waals surface area contributed by atoms with Crippen molar-refractivity contribution in [1.29, 1.82) is 5.26 Å². The number of hydrogen-bond donors (Lipinski definition) is 1. The molecular weight excluding hydrogens is 480 g/mol. The van der Waals surface area contributed by atoms with E-state index in [0.29, 0.717) is 41.6 Å². The molecule has 1 unspecified atom stereocenters. The van der Waals surface area contributed by atoms with Crippen molar-refractivity contribution in [3.8, 4) is 29.1 Å². The number of allylic oxidation sites excluding steroid dienone is 1. The zero-order chi connectivity index (χ0) is 26.9. The summed E-state index contributed by atoms with van der Waals surface area (Å²) < 4.78 is 23.1. The number of esters is 1. The summed E-state index contributed by atoms with van der Waals surface area (Å²) in [6.07, 6.45) is 4.03. The fourth-order valence-corrected chi connectivity index (χ4v) is 4.30. The monoisotopic (exact) mass is 512 g/mol. The van der Waals surface area contributed by atoms with Crippen LogP contribution in [0.15, 0.2) is 78.2 Å². The Kier molecular flexibility index (Phi) is 8.89. The molecule has 196 valence electrons. The molecule has 1 aliphatic heterocycles. The van der Waals surface area contributed by atoms with Crippen LogP contribution in [-0.4, -0.2) is 19.2 Å². The lowest BCUT2D eigenvalue weighted by Crippen LogP contribution is -2.21. The molecule has 1 atom stereocenters. The third-order valence-electron chi connectivity index (χ3n) is 6.18. The predicted molar refractivity (Wildman–Crippen MR) is 144 cm³/mol. The Morgan fingerprint density at radius 1 is 0.947 bits per heavy atom. The second kappa shape index (κ2) is 12.7. The van der Waals surface area contributed by atoms with Crippen molar-refractivity contribution in [2.45, 2.75) is 45.4 Å². The first-order valence-electron chi connectivity index (χ1n) is 12.9. The number of nitrogens with two attached hydrogens (primary N) is 1. The minimum Gasteiger partial charge on any atom is -0.494 e. The first-order valence-corrected chi connectivity index (χ1v) is 12.9. The van der Waals surface area contributed by atoms with Crippen molar-refractivity contribution in [2.24, 2.45) is 5.73 Å². The highest BCUT2D eigenvalue weighted by Gasteiger charge is 2.31. The molecule has 4 rings (SSSR count). The van der Waals surface area contributed by atoms with Gasteiger partial charge in [-0.2, -0.15) is 5.26 Å². The Morgan fingerprint density at radius 2 is 1.79 bits per heavy atom. The van der Waals surface area contributed by atoms with Crippen molar-refractivity contribution >= 4 is 5.97 Å². The summed E-state index contributed by atoms with van der Waals surface area (Å²) >= 11 is 0. The third kappa shape index (κ3) is 6.09. The maximum absolute atomic E-state index is 12.9. The molecule has 0 fully saturated rings. The van der Waals surface area contributed by atoms with E-state index in [-0.39, 0.29) is 5.88 Å². The molecule has 7 nitrogen and oxygen atoms in total. The van der Waals surface area contributed by atoms with Gasteiger partial charge in [0.15, 0.2) is 0 Å². The zero-order valence-corrected chi connectivity index (χ0v) is 21.7. The van der Waals surface area contributed by atoms with Crippen LogP contribution in [0.2, 0.25) is 0 Å². The second-order valence-corrected chi connectivity index (χ2v) is 8.99. The summed E-state index contributed by atoms with van der Waals surface area (Å²) in [5, 5.41) is 9.90. The average Bonchev–Trinajstić information content (AvgIpc) is 2.93. The fraction of sp³-hybridized carbons (Fsp3) is 0.290. The van der Waals surface area contributed by atoms with Gasteiger partial charge in [0, 0.05) is 11.6 Å². The van der Waals surface area contributed by atoms with Gasteiger partial charge in [-0.3, -0.25) is 0 Å². The van der Waals surface area contributed by atoms with E-state index in [1.165, 1.54) is 0 Å². The van der Waals surface area contributed by atoms with Gasteiger partial charge < -0.3 is 24.7 Å². The van der Waals surface area contributed by atoms with Crippen LogP contribution in [0.4, 0.5) is 0 Å². The third-order valence-corrected chi connectivity index (χ3v) is 6.18. The quantitative estimate of drug-likeness (QED) is 0.178. The van der Waals surface area contributed by atoms with E-state index >= 15 is 0 Å². The number of rotatable bonds is 11. The molecule has 0 bridgehead atoms. The second-order valence-electron chi connectivity index (χ2n) is 8.99. The lowest BCUT2D eigenvalue weighted by atomic mass is 9.83. The number of para-hydroxylation sites is 1. The highest BCUT2D eigenvalue weighted by Crippen LogP contribution is 2.44. The molecule has 0 saturated carbocycles. The van der Waals surface area contributed by atoms with Crippen LogP contribution in [-0.2, 0) is 0 Å². The molecule has 1 heterocycles. The minimum absolute atomic E-state index is 0.0149. The molecule has 0 saturated heterocycles. The van der Waals surface area contributed by atoms with Gasteiger partial charge in [-0.1, -0.05) is 57.0 Å². The molecule has 0 spiro atoms. The number of nitrogens with zero attached hydrogens (tertiary/aromatic N) is 1. The van der Waals surface area contributed by atoms with Crippen LogP contribution in [0.3, 0.4) is 0 Å². The van der Waals surface area contributed by atoms with Crippen molar-refractivity contribution in [3.05, 3.63) is 94.9 Å². The van der Waals surface area contributed by atoms with Gasteiger partial charge in [0.05, 0.1) is 19.1 Å². The fourth-order valence-electron chi connectivity index (χ4n) is 4.30. The molecule has 2 N–H and O–H groups in total. The Balaban J connectivity index is 1.60. The zero-order valence-electron chi connectivity index (χ0n) is 21.7. The highest BCUT2D eigenvalue weighted by atomic mass is 16.5. The Bertz CT molecular complexity index is 1360. The normalized spacial score (nSPS) is 14.2. The van der Waals surface area contributed by atoms with Gasteiger partial charge in [-0.05, 0) is 48.7 Å². The van der Waals surface area contributed by atoms with Gasteiger partial charge in [0.25, 0.3) is 0 Å². The molecule has 0 amide bonds. The molecular formula is C31H32N2O5. The number of fused-ring (bicyclic) bond motifs is 1. The average molecular weight is 513 g/mol. The molecule has 1 aliphatic rings. The van der Waals surface area contributed by atoms with Crippen LogP contribution >= 0.6 is 0 Å². The van der Waals surface area contributed by atoms with Gasteiger partial charge in [0.2, 0.25) is 5.88 Å². The summed E-state index contributed by atoms with van der Waals surface area (Å²) in [6, 6.07) is 21.9. The summed E-state index contributed by atoms with van der Waals surface area (Å²) in [5.74, 6) is 0.934. The first kappa shape index (κ1) is 26.6. The maximum Gasteiger partial charge on any atom is 0.347 e. The van der Waals surface area contributed by atoms with E-state index in [9.17, 15) is 10.1 Å². The first-order chi connectivity index (χ1) is 18.5. The van der Waals surface area contributed by atoms with Gasteiger partial charge in [0.1, 0.15) is 40.2 Å². The van der Waals surface area contributed by atoms with E-state index in [0.717, 1.165) is 42.6 Å². The molecule has 0 aliphatic carbocycles. The number of hydrogen-bond acceptors (Lipinski definition) is 7. The van der Waals surface area contributed by atoms with Crippen molar-refractivity contribution in [1.82, 2.24) is 0 Å². The van der Waals surface area contributed by atoms with Crippen LogP contribution in [0.5, 0.6) is 23.0 Å². The van der Waals surface area contributed by atoms with Crippen molar-refractivity contribution in [2.75, 3.05) is 13.2 Å². The van der Waals surface area contributed by atoms with Gasteiger partial charge in [-0.25, -0.2) is 4.79 Å². The molecule has 3 aromatic carbocycles. The van der Waals surface area contributed by atoms with Crippen molar-refractivity contribution < 1.29 is 23.7 Å². The Labute approximate surface area is 223 Å². The number of nitriles is 1. The molecule has 0 radical (unpaired) electrons. The Morgan fingerprint density at radius 3 is 2.58 bits per heavy atom. The SMILES string of the molecule is CCCCCOc1cccc(C2C(C#N)=C(N)Oc3cc(OC(=O)c4ccccc4OCCC)ccc32)c1. The summed E-state index contributed by atoms with van der Waals surface area (Å²) in [4.78, 5) is 12.9. The summed E-state index contributed by atoms with van der Waals surface area (Å²) in [7, 11) is 0. The smallest absolute Gasteiger partial charge is 0.347 e. The van der Waals surface area contributed by atoms with E-state index in [2.05, 4.69) is 13.0 Å². The summed E-state index contributed by atoms with van der Waals surface area (Å²) in [6.45, 7) is 5.27. The number of unbranched alkanes of at least 4 members (excludes halogenated alkanes) is 2. The van der Waals surface area contributed by atoms with Crippen LogP contribution in [0.1, 0.15) is 66.9 Å². The van der Waals surface area contributed by atoms with Gasteiger partial charge >= 0.3 is 5.97 Å². The van der Waals surface area contributed by atoms with Crippen LogP contribution in [0.25, 0.3) is 0 Å². The minimum atomic E-state index is -0.543. The highest BCUT2D eigenvalue weighted by molar-refractivity contribution is 5.94. The predicted octanol–water partition coefficient (Wildman–Crippen LogP) is 6.48. The number of carbonyl (C=O) groups is 1. The lowest BCUT2D eigenvalue weighted by molar-refractivity contribution is 0.0730. The van der Waals surface area contributed by atoms with Gasteiger partial charge in [-0.15, -0.1) is 0 Å². The standard InChI is InChI=1S/C31H32N2O5/c1-3-5-8-17-35-22-11-9-10-21(18-22)29-24-15-14-23(19-28(24)38-30(33)26(29)20-32)37-31(34)25-12-6-7-13-27(25)36-16-4-2/h6-7,9-15,18-19,29H,3-5,8,16-17,33H2,1-2H3. The number of benzene rings is 3. The topological polar surface area (TPSA) is 104 Å². The van der Waals surface area contributed by atoms with Crippen LogP contribution < -0.4 is 24.7 Å². The van der Waals surface area contributed by atoms with E-state index in [1.807, 2.05) is 37.3 Å². The number of carbonyl (C=O) groups excluding carboxylic acids is 1. The van der Waals surface area contributed by atoms with E-state index in [4.69, 9.17) is 24.7 Å². The van der Waals surface area contributed by atoms with Crippen LogP contribution in [0, 0.1) is 11.3 Å².